The molecule has 0 fully saturated rings. The average Bonchev–Trinajstić information content (AvgIpc) is 2.48. The van der Waals surface area contributed by atoms with E-state index in [-0.39, 0.29) is 5.97 Å². The van der Waals surface area contributed by atoms with Crippen LogP contribution in [0, 0.1) is 0 Å². The smallest absolute Gasteiger partial charge is 0.308 e. The van der Waals surface area contributed by atoms with Crippen LogP contribution >= 0.6 is 0 Å². The Labute approximate surface area is 124 Å². The van der Waals surface area contributed by atoms with Crippen LogP contribution in [0.25, 0.3) is 10.8 Å². The summed E-state index contributed by atoms with van der Waals surface area (Å²) in [7, 11) is 0. The van der Waals surface area contributed by atoms with Crippen molar-refractivity contribution in [1.29, 1.82) is 0 Å². The summed E-state index contributed by atoms with van der Waals surface area (Å²) < 4.78 is 5.37. The van der Waals surface area contributed by atoms with E-state index in [1.807, 2.05) is 48.5 Å². The molecule has 3 aromatic carbocycles. The Morgan fingerprint density at radius 3 is 2.33 bits per heavy atom. The van der Waals surface area contributed by atoms with Crippen LogP contribution in [0.1, 0.15) is 18.1 Å². The fourth-order valence-corrected chi connectivity index (χ4v) is 2.58. The number of ether oxygens (including phenoxy) is 1. The first-order valence-corrected chi connectivity index (χ1v) is 6.97. The highest BCUT2D eigenvalue weighted by Gasteiger charge is 2.09. The van der Waals surface area contributed by atoms with Gasteiger partial charge in [0.1, 0.15) is 5.75 Å². The van der Waals surface area contributed by atoms with Gasteiger partial charge in [-0.25, -0.2) is 0 Å². The van der Waals surface area contributed by atoms with Crippen molar-refractivity contribution in [2.75, 3.05) is 0 Å². The highest BCUT2D eigenvalue weighted by atomic mass is 16.5. The van der Waals surface area contributed by atoms with Gasteiger partial charge in [-0.2, -0.15) is 0 Å². The lowest BCUT2D eigenvalue weighted by Gasteiger charge is -2.11. The first-order valence-electron chi connectivity index (χ1n) is 6.97. The van der Waals surface area contributed by atoms with E-state index in [0.717, 1.165) is 22.8 Å². The summed E-state index contributed by atoms with van der Waals surface area (Å²) in [5.74, 6) is 0.337. The van der Waals surface area contributed by atoms with Crippen LogP contribution in [0.15, 0.2) is 66.7 Å². The predicted molar refractivity (Wildman–Crippen MR) is 84.5 cm³/mol. The quantitative estimate of drug-likeness (QED) is 0.525. The molecule has 2 heteroatoms. The standard InChI is InChI=1S/C19H16O2/c1-14(20)21-18-12-6-10-16-9-5-11-17(19(16)18)13-15-7-3-2-4-8-15/h2-12H,13H2,1H3. The minimum absolute atomic E-state index is 0.294. The first kappa shape index (κ1) is 13.4. The van der Waals surface area contributed by atoms with Crippen LogP contribution in [0.3, 0.4) is 0 Å². The Kier molecular flexibility index (Phi) is 3.69. The maximum Gasteiger partial charge on any atom is 0.308 e. The average molecular weight is 276 g/mol. The van der Waals surface area contributed by atoms with Gasteiger partial charge in [0.15, 0.2) is 0 Å². The fourth-order valence-electron chi connectivity index (χ4n) is 2.58. The SMILES string of the molecule is CC(=O)Oc1cccc2cccc(Cc3ccccc3)c12. The maximum absolute atomic E-state index is 11.3. The van der Waals surface area contributed by atoms with E-state index in [4.69, 9.17) is 4.74 Å². The van der Waals surface area contributed by atoms with Crippen LogP contribution in [-0.2, 0) is 11.2 Å². The summed E-state index contributed by atoms with van der Waals surface area (Å²) in [5.41, 5.74) is 2.40. The molecular weight excluding hydrogens is 260 g/mol. The zero-order chi connectivity index (χ0) is 14.7. The molecule has 0 bridgehead atoms. The van der Waals surface area contributed by atoms with Gasteiger partial charge in [-0.05, 0) is 29.0 Å². The molecule has 0 unspecified atom stereocenters. The highest BCUT2D eigenvalue weighted by molar-refractivity contribution is 5.93. The van der Waals surface area contributed by atoms with Crippen LogP contribution in [0.4, 0.5) is 0 Å². The van der Waals surface area contributed by atoms with Crippen molar-refractivity contribution in [1.82, 2.24) is 0 Å². The maximum atomic E-state index is 11.3. The lowest BCUT2D eigenvalue weighted by molar-refractivity contribution is -0.131. The number of fused-ring (bicyclic) bond motifs is 1. The number of carbonyl (C=O) groups excluding carboxylic acids is 1. The van der Waals surface area contributed by atoms with Gasteiger partial charge in [-0.3, -0.25) is 4.79 Å². The zero-order valence-electron chi connectivity index (χ0n) is 11.9. The van der Waals surface area contributed by atoms with E-state index < -0.39 is 0 Å². The van der Waals surface area contributed by atoms with Crippen molar-refractivity contribution in [3.05, 3.63) is 77.9 Å². The van der Waals surface area contributed by atoms with E-state index in [0.29, 0.717) is 5.75 Å². The zero-order valence-corrected chi connectivity index (χ0v) is 11.9. The molecule has 0 spiro atoms. The number of hydrogen-bond acceptors (Lipinski definition) is 2. The number of esters is 1. The van der Waals surface area contributed by atoms with Crippen LogP contribution in [0.2, 0.25) is 0 Å². The molecule has 3 aromatic rings. The van der Waals surface area contributed by atoms with Crippen molar-refractivity contribution in [3.63, 3.8) is 0 Å². The van der Waals surface area contributed by atoms with E-state index >= 15 is 0 Å². The Balaban J connectivity index is 2.11. The minimum atomic E-state index is -0.294. The van der Waals surface area contributed by atoms with Crippen molar-refractivity contribution >= 4 is 16.7 Å². The van der Waals surface area contributed by atoms with Crippen LogP contribution in [0.5, 0.6) is 5.75 Å². The number of benzene rings is 3. The normalized spacial score (nSPS) is 10.5. The second kappa shape index (κ2) is 5.80. The summed E-state index contributed by atoms with van der Waals surface area (Å²) in [6.45, 7) is 1.43. The molecule has 0 N–H and O–H groups in total. The first-order chi connectivity index (χ1) is 10.2. The Morgan fingerprint density at radius 2 is 1.62 bits per heavy atom. The Bertz CT molecular complexity index is 771. The highest BCUT2D eigenvalue weighted by Crippen LogP contribution is 2.30. The summed E-state index contributed by atoms with van der Waals surface area (Å²) in [5, 5.41) is 2.10. The third-order valence-corrected chi connectivity index (χ3v) is 3.44. The largest absolute Gasteiger partial charge is 0.426 e. The van der Waals surface area contributed by atoms with Crippen LogP contribution in [-0.4, -0.2) is 5.97 Å². The van der Waals surface area contributed by atoms with Gasteiger partial charge in [-0.15, -0.1) is 0 Å². The van der Waals surface area contributed by atoms with Gasteiger partial charge < -0.3 is 4.74 Å². The number of carbonyl (C=O) groups is 1. The molecule has 0 aliphatic carbocycles. The molecule has 0 heterocycles. The Morgan fingerprint density at radius 1 is 0.905 bits per heavy atom. The second-order valence-electron chi connectivity index (χ2n) is 5.03. The molecule has 0 saturated carbocycles. The summed E-state index contributed by atoms with van der Waals surface area (Å²) >= 11 is 0. The minimum Gasteiger partial charge on any atom is -0.426 e. The van der Waals surface area contributed by atoms with E-state index in [9.17, 15) is 4.79 Å². The Hall–Kier alpha value is -2.61. The monoisotopic (exact) mass is 276 g/mol. The lowest BCUT2D eigenvalue weighted by Crippen LogP contribution is -2.02. The van der Waals surface area contributed by atoms with Gasteiger partial charge in [0.2, 0.25) is 0 Å². The van der Waals surface area contributed by atoms with Gasteiger partial charge >= 0.3 is 5.97 Å². The summed E-state index contributed by atoms with van der Waals surface area (Å²) in [4.78, 5) is 11.3. The molecule has 0 aliphatic heterocycles. The molecular formula is C19H16O2. The van der Waals surface area contributed by atoms with Gasteiger partial charge in [0.25, 0.3) is 0 Å². The van der Waals surface area contributed by atoms with Gasteiger partial charge in [-0.1, -0.05) is 60.7 Å². The van der Waals surface area contributed by atoms with Crippen molar-refractivity contribution in [3.8, 4) is 5.75 Å². The van der Waals surface area contributed by atoms with E-state index in [1.54, 1.807) is 0 Å². The van der Waals surface area contributed by atoms with E-state index in [2.05, 4.69) is 18.2 Å². The number of hydrogen-bond donors (Lipinski definition) is 0. The van der Waals surface area contributed by atoms with E-state index in [1.165, 1.54) is 12.5 Å². The topological polar surface area (TPSA) is 26.3 Å². The molecule has 0 radical (unpaired) electrons. The van der Waals surface area contributed by atoms with Gasteiger partial charge in [0, 0.05) is 12.3 Å². The third kappa shape index (κ3) is 2.95. The number of rotatable bonds is 3. The van der Waals surface area contributed by atoms with Gasteiger partial charge in [0.05, 0.1) is 0 Å². The molecule has 0 saturated heterocycles. The lowest BCUT2D eigenvalue weighted by atomic mass is 9.98. The predicted octanol–water partition coefficient (Wildman–Crippen LogP) is 4.36. The molecule has 21 heavy (non-hydrogen) atoms. The molecule has 104 valence electrons. The molecule has 2 nitrogen and oxygen atoms in total. The molecule has 0 atom stereocenters. The van der Waals surface area contributed by atoms with Crippen molar-refractivity contribution in [2.45, 2.75) is 13.3 Å². The summed E-state index contributed by atoms with van der Waals surface area (Å²) in [6.07, 6.45) is 0.816. The molecule has 0 amide bonds. The molecule has 0 aliphatic rings. The second-order valence-corrected chi connectivity index (χ2v) is 5.03. The third-order valence-electron chi connectivity index (χ3n) is 3.44. The molecule has 3 rings (SSSR count). The summed E-state index contributed by atoms with van der Waals surface area (Å²) in [6, 6.07) is 22.2. The van der Waals surface area contributed by atoms with Crippen molar-refractivity contribution < 1.29 is 9.53 Å². The van der Waals surface area contributed by atoms with Crippen molar-refractivity contribution in [2.24, 2.45) is 0 Å². The van der Waals surface area contributed by atoms with Crippen LogP contribution < -0.4 is 4.74 Å². The fraction of sp³-hybridized carbons (Fsp3) is 0.105. The molecule has 0 aromatic heterocycles.